The maximum atomic E-state index is 4.82. The molecule has 2 heteroatoms. The maximum Gasteiger partial charge on any atom is 0.129 e. The van der Waals surface area contributed by atoms with Crippen molar-refractivity contribution in [2.24, 2.45) is 4.99 Å². The number of benzene rings is 1. The van der Waals surface area contributed by atoms with Crippen molar-refractivity contribution in [3.8, 4) is 0 Å². The summed E-state index contributed by atoms with van der Waals surface area (Å²) in [5, 5.41) is 0. The number of aliphatic imine (C=N–C) groups is 1. The quantitative estimate of drug-likeness (QED) is 0.639. The second-order valence-corrected chi connectivity index (χ2v) is 4.49. The molecule has 0 spiro atoms. The van der Waals surface area contributed by atoms with Crippen LogP contribution in [0.2, 0.25) is 0 Å². The Labute approximate surface area is 94.6 Å². The Kier molecular flexibility index (Phi) is 1.55. The van der Waals surface area contributed by atoms with Gasteiger partial charge < -0.3 is 0 Å². The highest BCUT2D eigenvalue weighted by Crippen LogP contribution is 2.41. The van der Waals surface area contributed by atoms with Crippen LogP contribution in [0.1, 0.15) is 17.3 Å². The van der Waals surface area contributed by atoms with Crippen LogP contribution in [0.15, 0.2) is 53.6 Å². The topological polar surface area (TPSA) is 15.6 Å². The number of fused-ring (bicyclic) bond motifs is 5. The fourth-order valence-corrected chi connectivity index (χ4v) is 2.85. The average Bonchev–Trinajstić information content (AvgIpc) is 2.85. The number of nitrogens with zero attached hydrogens (tertiary/aromatic N) is 2. The van der Waals surface area contributed by atoms with Crippen molar-refractivity contribution in [1.82, 2.24) is 4.90 Å². The zero-order valence-electron chi connectivity index (χ0n) is 8.88. The summed E-state index contributed by atoms with van der Waals surface area (Å²) < 4.78 is 0. The average molecular weight is 208 g/mol. The number of hydrogen-bond donors (Lipinski definition) is 0. The van der Waals surface area contributed by atoms with Crippen molar-refractivity contribution in [1.29, 1.82) is 0 Å². The second-order valence-electron chi connectivity index (χ2n) is 4.49. The fourth-order valence-electron chi connectivity index (χ4n) is 2.85. The van der Waals surface area contributed by atoms with Crippen LogP contribution in [0.5, 0.6) is 0 Å². The molecule has 0 saturated heterocycles. The third-order valence-corrected chi connectivity index (χ3v) is 3.60. The Morgan fingerprint density at radius 2 is 2.12 bits per heavy atom. The van der Waals surface area contributed by atoms with Gasteiger partial charge in [0.2, 0.25) is 0 Å². The Morgan fingerprint density at radius 1 is 1.19 bits per heavy atom. The van der Waals surface area contributed by atoms with Crippen LogP contribution in [-0.4, -0.2) is 16.7 Å². The van der Waals surface area contributed by atoms with E-state index in [2.05, 4.69) is 53.5 Å². The van der Waals surface area contributed by atoms with E-state index in [-0.39, 0.29) is 6.17 Å². The molecule has 0 radical (unpaired) electrons. The van der Waals surface area contributed by atoms with Crippen LogP contribution in [0.25, 0.3) is 0 Å². The van der Waals surface area contributed by atoms with Gasteiger partial charge in [-0.05, 0) is 17.2 Å². The van der Waals surface area contributed by atoms with E-state index in [0.29, 0.717) is 6.04 Å². The largest absolute Gasteiger partial charge is 0.264 e. The highest BCUT2D eigenvalue weighted by Gasteiger charge is 2.40. The van der Waals surface area contributed by atoms with Crippen molar-refractivity contribution < 1.29 is 0 Å². The molecule has 2 unspecified atom stereocenters. The van der Waals surface area contributed by atoms with E-state index < -0.39 is 0 Å². The Hall–Kier alpha value is -1.67. The standard InChI is InChI=1S/C14H12N2/c1-2-6-11-10(5-1)9-16-13-8-4-3-7-12(13)15-14(11)16/h1-8,13-14H,9H2. The summed E-state index contributed by atoms with van der Waals surface area (Å²) in [6.45, 7) is 1.02. The Balaban J connectivity index is 1.85. The molecule has 1 aromatic carbocycles. The lowest BCUT2D eigenvalue weighted by molar-refractivity contribution is 0.241. The van der Waals surface area contributed by atoms with Gasteiger partial charge >= 0.3 is 0 Å². The molecule has 2 nitrogen and oxygen atoms in total. The van der Waals surface area contributed by atoms with E-state index in [1.54, 1.807) is 0 Å². The number of hydrogen-bond acceptors (Lipinski definition) is 2. The van der Waals surface area contributed by atoms with Gasteiger partial charge in [-0.1, -0.05) is 42.5 Å². The van der Waals surface area contributed by atoms with Crippen molar-refractivity contribution in [3.63, 3.8) is 0 Å². The van der Waals surface area contributed by atoms with Crippen LogP contribution < -0.4 is 0 Å². The van der Waals surface area contributed by atoms with Gasteiger partial charge in [-0.3, -0.25) is 9.89 Å². The zero-order valence-corrected chi connectivity index (χ0v) is 8.88. The molecular formula is C14H12N2. The molecule has 78 valence electrons. The fraction of sp³-hybridized carbons (Fsp3) is 0.214. The summed E-state index contributed by atoms with van der Waals surface area (Å²) in [6, 6.07) is 9.03. The third kappa shape index (κ3) is 0.973. The van der Waals surface area contributed by atoms with E-state index >= 15 is 0 Å². The molecule has 2 aliphatic heterocycles. The lowest BCUT2D eigenvalue weighted by Crippen LogP contribution is -2.31. The van der Waals surface area contributed by atoms with Gasteiger partial charge in [-0.2, -0.15) is 0 Å². The molecule has 0 aromatic heterocycles. The van der Waals surface area contributed by atoms with Crippen LogP contribution in [0.4, 0.5) is 0 Å². The first-order valence-corrected chi connectivity index (χ1v) is 5.69. The van der Waals surface area contributed by atoms with E-state index in [0.717, 1.165) is 6.54 Å². The number of allylic oxidation sites excluding steroid dienone is 2. The van der Waals surface area contributed by atoms with Gasteiger partial charge in [0.15, 0.2) is 0 Å². The van der Waals surface area contributed by atoms with Gasteiger partial charge in [0.25, 0.3) is 0 Å². The van der Waals surface area contributed by atoms with E-state index in [9.17, 15) is 0 Å². The molecule has 0 bridgehead atoms. The summed E-state index contributed by atoms with van der Waals surface area (Å²) in [7, 11) is 0. The highest BCUT2D eigenvalue weighted by molar-refractivity contribution is 6.03. The van der Waals surface area contributed by atoms with Crippen molar-refractivity contribution in [2.75, 3.05) is 0 Å². The molecule has 1 aliphatic carbocycles. The molecule has 0 saturated carbocycles. The first-order chi connectivity index (χ1) is 7.93. The highest BCUT2D eigenvalue weighted by atomic mass is 15.3. The minimum Gasteiger partial charge on any atom is -0.264 e. The molecule has 4 rings (SSSR count). The minimum absolute atomic E-state index is 0.253. The van der Waals surface area contributed by atoms with E-state index in [1.807, 2.05) is 0 Å². The first-order valence-electron chi connectivity index (χ1n) is 5.69. The predicted octanol–water partition coefficient (Wildman–Crippen LogP) is 2.45. The molecule has 1 aromatic rings. The Bertz CT molecular complexity index is 539. The van der Waals surface area contributed by atoms with E-state index in [1.165, 1.54) is 16.8 Å². The third-order valence-electron chi connectivity index (χ3n) is 3.60. The molecular weight excluding hydrogens is 196 g/mol. The van der Waals surface area contributed by atoms with Crippen LogP contribution in [-0.2, 0) is 6.54 Å². The molecule has 3 aliphatic rings. The van der Waals surface area contributed by atoms with Gasteiger partial charge in [0.05, 0.1) is 11.8 Å². The zero-order chi connectivity index (χ0) is 10.5. The van der Waals surface area contributed by atoms with Gasteiger partial charge in [0, 0.05) is 6.54 Å². The molecule has 2 heterocycles. The van der Waals surface area contributed by atoms with Gasteiger partial charge in [0.1, 0.15) is 6.17 Å². The molecule has 0 N–H and O–H groups in total. The van der Waals surface area contributed by atoms with Crippen LogP contribution >= 0.6 is 0 Å². The predicted molar refractivity (Wildman–Crippen MR) is 64.2 cm³/mol. The van der Waals surface area contributed by atoms with Crippen LogP contribution in [0, 0.1) is 0 Å². The summed E-state index contributed by atoms with van der Waals surface area (Å²) in [4.78, 5) is 7.28. The van der Waals surface area contributed by atoms with Gasteiger partial charge in [-0.15, -0.1) is 0 Å². The van der Waals surface area contributed by atoms with Crippen molar-refractivity contribution in [2.45, 2.75) is 18.8 Å². The van der Waals surface area contributed by atoms with Crippen LogP contribution in [0.3, 0.4) is 0 Å². The van der Waals surface area contributed by atoms with Gasteiger partial charge in [-0.25, -0.2) is 0 Å². The molecule has 0 fully saturated rings. The lowest BCUT2D eigenvalue weighted by Gasteiger charge is -2.21. The normalized spacial score (nSPS) is 29.9. The smallest absolute Gasteiger partial charge is 0.129 e. The maximum absolute atomic E-state index is 4.82. The summed E-state index contributed by atoms with van der Waals surface area (Å²) in [6.07, 6.45) is 8.82. The van der Waals surface area contributed by atoms with Crippen molar-refractivity contribution >= 4 is 5.71 Å². The molecule has 2 atom stereocenters. The monoisotopic (exact) mass is 208 g/mol. The SMILES string of the molecule is C1=CC2=NC3c4ccccc4CN3C2C=C1. The lowest BCUT2D eigenvalue weighted by atomic mass is 10.1. The number of rotatable bonds is 0. The van der Waals surface area contributed by atoms with Crippen molar-refractivity contribution in [3.05, 3.63) is 59.7 Å². The van der Waals surface area contributed by atoms with E-state index in [4.69, 9.17) is 4.99 Å². The first kappa shape index (κ1) is 8.48. The second kappa shape index (κ2) is 2.92. The molecule has 16 heavy (non-hydrogen) atoms. The minimum atomic E-state index is 0.253. The molecule has 0 amide bonds. The summed E-state index contributed by atoms with van der Waals surface area (Å²) in [5.41, 5.74) is 4.02. The summed E-state index contributed by atoms with van der Waals surface area (Å²) >= 11 is 0. The summed E-state index contributed by atoms with van der Waals surface area (Å²) in [5.74, 6) is 0. The Morgan fingerprint density at radius 3 is 3.12 bits per heavy atom.